The van der Waals surface area contributed by atoms with Gasteiger partial charge in [-0.05, 0) is 148 Å². The SMILES string of the molecule is CC/C=C\C/C=C\C/C=C\C/C=C\C/C=C\C/C=C\C/C=C\CCCCCCCCCCCC(=O)OCC(COC(=O)CCCCCCC/C=C\CCCCCC)OC(=O)CCCCCCC/C=C\C/C=C\C/C=C\C/C=C\C/C=C\CC. The smallest absolute Gasteiger partial charge is 0.306 e. The minimum Gasteiger partial charge on any atom is -0.462 e. The summed E-state index contributed by atoms with van der Waals surface area (Å²) < 4.78 is 16.9. The third-order valence-electron chi connectivity index (χ3n) is 14.0. The highest BCUT2D eigenvalue weighted by molar-refractivity contribution is 5.71. The fourth-order valence-corrected chi connectivity index (χ4v) is 8.97. The Morgan fingerprint density at radius 3 is 0.747 bits per heavy atom. The Bertz CT molecular complexity index is 1840. The Balaban J connectivity index is 4.36. The van der Waals surface area contributed by atoms with E-state index in [0.29, 0.717) is 19.3 Å². The summed E-state index contributed by atoms with van der Waals surface area (Å²) in [5.74, 6) is -0.930. The molecular formula is C77H124O6. The number of carbonyl (C=O) groups is 3. The van der Waals surface area contributed by atoms with Crippen LogP contribution < -0.4 is 0 Å². The van der Waals surface area contributed by atoms with Crippen LogP contribution >= 0.6 is 0 Å². The molecule has 1 unspecified atom stereocenters. The quantitative estimate of drug-likeness (QED) is 0.0261. The van der Waals surface area contributed by atoms with Gasteiger partial charge < -0.3 is 14.2 Å². The number of esters is 3. The Kier molecular flexibility index (Phi) is 65.4. The van der Waals surface area contributed by atoms with Crippen LogP contribution in [-0.4, -0.2) is 37.2 Å². The monoisotopic (exact) mass is 1140 g/mol. The number of allylic oxidation sites excluding steroid dienone is 26. The van der Waals surface area contributed by atoms with Gasteiger partial charge in [0.2, 0.25) is 0 Å². The topological polar surface area (TPSA) is 78.9 Å². The molecule has 0 aromatic heterocycles. The molecule has 6 nitrogen and oxygen atoms in total. The van der Waals surface area contributed by atoms with Gasteiger partial charge in [0.1, 0.15) is 13.2 Å². The summed E-state index contributed by atoms with van der Waals surface area (Å²) in [6.45, 7) is 6.37. The summed E-state index contributed by atoms with van der Waals surface area (Å²) in [5.41, 5.74) is 0. The minimum absolute atomic E-state index is 0.0970. The summed E-state index contributed by atoms with van der Waals surface area (Å²) in [4.78, 5) is 38.4. The van der Waals surface area contributed by atoms with Crippen molar-refractivity contribution < 1.29 is 28.6 Å². The lowest BCUT2D eigenvalue weighted by atomic mass is 10.1. The first-order valence-electron chi connectivity index (χ1n) is 34.0. The number of carbonyl (C=O) groups excluding carboxylic acids is 3. The predicted molar refractivity (Wildman–Crippen MR) is 362 cm³/mol. The van der Waals surface area contributed by atoms with E-state index in [0.717, 1.165) is 173 Å². The van der Waals surface area contributed by atoms with Crippen molar-refractivity contribution in [3.63, 3.8) is 0 Å². The molecule has 83 heavy (non-hydrogen) atoms. The van der Waals surface area contributed by atoms with Gasteiger partial charge in [-0.3, -0.25) is 14.4 Å². The normalized spacial score (nSPS) is 13.1. The standard InChI is InChI=1S/C77H124O6/c1-4-7-10-13-16-19-22-25-27-29-31-33-34-35-36-37-38-39-40-41-42-44-45-47-49-52-55-58-61-64-67-70-76(79)82-73-74(72-81-75(78)69-66-63-60-57-54-51-24-21-18-15-12-9-6-3)83-77(80)71-68-65-62-59-56-53-50-48-46-43-32-30-28-26-23-20-17-14-11-8-5-2/h7-8,10-11,16-17,19-21,24-28,31-33,35-36,38-39,41-43,48,50,74H,4-6,9,12-15,18,22-23,29-30,34,37,40,44-47,49,51-73H2,1-3H3/b10-7-,11-8-,19-16-,20-17-,24-21-,27-25-,28-26-,33-31-,36-35-,39-38-,42-41-,43-32-,50-48-. The van der Waals surface area contributed by atoms with Gasteiger partial charge in [0.05, 0.1) is 0 Å². The molecule has 6 heteroatoms. The highest BCUT2D eigenvalue weighted by Crippen LogP contribution is 2.15. The molecule has 0 heterocycles. The zero-order valence-electron chi connectivity index (χ0n) is 53.7. The molecule has 0 saturated carbocycles. The Hall–Kier alpha value is -4.97. The van der Waals surface area contributed by atoms with Crippen LogP contribution in [0.25, 0.3) is 0 Å². The number of ether oxygens (including phenoxy) is 3. The summed E-state index contributed by atoms with van der Waals surface area (Å²) in [6.07, 6.45) is 101. The van der Waals surface area contributed by atoms with E-state index in [1.165, 1.54) is 77.0 Å². The third-order valence-corrected chi connectivity index (χ3v) is 14.0. The van der Waals surface area contributed by atoms with E-state index in [9.17, 15) is 14.4 Å². The predicted octanol–water partition coefficient (Wildman–Crippen LogP) is 23.7. The molecule has 0 aliphatic heterocycles. The average Bonchev–Trinajstić information content (AvgIpc) is 3.49. The lowest BCUT2D eigenvalue weighted by molar-refractivity contribution is -0.167. The molecule has 0 saturated heterocycles. The van der Waals surface area contributed by atoms with E-state index in [2.05, 4.69) is 179 Å². The number of hydrogen-bond acceptors (Lipinski definition) is 6. The summed E-state index contributed by atoms with van der Waals surface area (Å²) in [5, 5.41) is 0. The number of unbranched alkanes of at least 4 members (excludes halogenated alkanes) is 23. The second-order valence-corrected chi connectivity index (χ2v) is 22.0. The van der Waals surface area contributed by atoms with Crippen molar-refractivity contribution in [2.45, 2.75) is 297 Å². The zero-order chi connectivity index (χ0) is 59.9. The van der Waals surface area contributed by atoms with Gasteiger partial charge in [0.25, 0.3) is 0 Å². The van der Waals surface area contributed by atoms with Gasteiger partial charge in [-0.15, -0.1) is 0 Å². The van der Waals surface area contributed by atoms with E-state index in [1.807, 2.05) is 0 Å². The first-order valence-corrected chi connectivity index (χ1v) is 34.0. The van der Waals surface area contributed by atoms with Crippen molar-refractivity contribution in [3.8, 4) is 0 Å². The minimum atomic E-state index is -0.803. The maximum atomic E-state index is 12.9. The van der Waals surface area contributed by atoms with Crippen molar-refractivity contribution in [1.29, 1.82) is 0 Å². The number of hydrogen-bond donors (Lipinski definition) is 0. The van der Waals surface area contributed by atoms with Gasteiger partial charge in [-0.1, -0.05) is 281 Å². The molecule has 0 fully saturated rings. The van der Waals surface area contributed by atoms with Gasteiger partial charge in [-0.2, -0.15) is 0 Å². The van der Waals surface area contributed by atoms with Crippen LogP contribution in [-0.2, 0) is 28.6 Å². The van der Waals surface area contributed by atoms with Crippen LogP contribution in [0, 0.1) is 0 Å². The second-order valence-electron chi connectivity index (χ2n) is 22.0. The third kappa shape index (κ3) is 67.7. The molecular weight excluding hydrogens is 1020 g/mol. The van der Waals surface area contributed by atoms with E-state index in [1.54, 1.807) is 0 Å². The Labute approximate surface area is 511 Å². The van der Waals surface area contributed by atoms with Crippen molar-refractivity contribution in [2.75, 3.05) is 13.2 Å². The Morgan fingerprint density at radius 2 is 0.470 bits per heavy atom. The summed E-state index contributed by atoms with van der Waals surface area (Å²) >= 11 is 0. The van der Waals surface area contributed by atoms with Crippen LogP contribution in [0.5, 0.6) is 0 Å². The molecule has 468 valence electrons. The first-order chi connectivity index (χ1) is 41.0. The number of rotatable bonds is 60. The molecule has 0 bridgehead atoms. The van der Waals surface area contributed by atoms with Crippen molar-refractivity contribution in [3.05, 3.63) is 158 Å². The molecule has 0 aromatic rings. The zero-order valence-corrected chi connectivity index (χ0v) is 53.7. The molecule has 0 aliphatic rings. The lowest BCUT2D eigenvalue weighted by Crippen LogP contribution is -2.30. The van der Waals surface area contributed by atoms with Crippen molar-refractivity contribution in [2.24, 2.45) is 0 Å². The van der Waals surface area contributed by atoms with Gasteiger partial charge in [-0.25, -0.2) is 0 Å². The lowest BCUT2D eigenvalue weighted by Gasteiger charge is -2.18. The van der Waals surface area contributed by atoms with E-state index in [4.69, 9.17) is 14.2 Å². The fraction of sp³-hybridized carbons (Fsp3) is 0.623. The van der Waals surface area contributed by atoms with E-state index >= 15 is 0 Å². The summed E-state index contributed by atoms with van der Waals surface area (Å²) in [6, 6.07) is 0. The van der Waals surface area contributed by atoms with E-state index < -0.39 is 6.10 Å². The van der Waals surface area contributed by atoms with Crippen LogP contribution in [0.3, 0.4) is 0 Å². The second kappa shape index (κ2) is 69.5. The van der Waals surface area contributed by atoms with Crippen LogP contribution in [0.4, 0.5) is 0 Å². The molecule has 0 rings (SSSR count). The van der Waals surface area contributed by atoms with Crippen LogP contribution in [0.2, 0.25) is 0 Å². The fourth-order valence-electron chi connectivity index (χ4n) is 8.97. The molecule has 0 aromatic carbocycles. The molecule has 0 spiro atoms. The summed E-state index contributed by atoms with van der Waals surface area (Å²) in [7, 11) is 0. The van der Waals surface area contributed by atoms with Gasteiger partial charge in [0, 0.05) is 19.3 Å². The maximum Gasteiger partial charge on any atom is 0.306 e. The van der Waals surface area contributed by atoms with E-state index in [-0.39, 0.29) is 31.1 Å². The largest absolute Gasteiger partial charge is 0.462 e. The van der Waals surface area contributed by atoms with Crippen molar-refractivity contribution in [1.82, 2.24) is 0 Å². The Morgan fingerprint density at radius 1 is 0.253 bits per heavy atom. The molecule has 0 N–H and O–H groups in total. The highest BCUT2D eigenvalue weighted by atomic mass is 16.6. The average molecular weight is 1150 g/mol. The van der Waals surface area contributed by atoms with Crippen LogP contribution in [0.15, 0.2) is 158 Å². The molecule has 0 aliphatic carbocycles. The van der Waals surface area contributed by atoms with Crippen LogP contribution in [0.1, 0.15) is 290 Å². The highest BCUT2D eigenvalue weighted by Gasteiger charge is 2.19. The molecule has 1 atom stereocenters. The van der Waals surface area contributed by atoms with Gasteiger partial charge >= 0.3 is 17.9 Å². The van der Waals surface area contributed by atoms with Crippen molar-refractivity contribution >= 4 is 17.9 Å². The van der Waals surface area contributed by atoms with Gasteiger partial charge in [0.15, 0.2) is 6.10 Å². The molecule has 0 radical (unpaired) electrons. The molecule has 0 amide bonds. The first kappa shape index (κ1) is 78.0. The maximum absolute atomic E-state index is 12.9.